The molecule has 1 heterocycles. The first kappa shape index (κ1) is 13.7. The van der Waals surface area contributed by atoms with Gasteiger partial charge in [-0.05, 0) is 49.7 Å². The Morgan fingerprint density at radius 3 is 2.48 bits per heavy atom. The third kappa shape index (κ3) is 2.40. The Balaban J connectivity index is 2.20. The van der Waals surface area contributed by atoms with Gasteiger partial charge in [0.15, 0.2) is 0 Å². The van der Waals surface area contributed by atoms with Gasteiger partial charge < -0.3 is 9.30 Å². The van der Waals surface area contributed by atoms with E-state index in [2.05, 4.69) is 48.7 Å². The number of ether oxygens (including phenoxy) is 1. The first-order valence-corrected chi connectivity index (χ1v) is 7.36. The maximum absolute atomic E-state index is 5.24. The molecule has 0 radical (unpaired) electrons. The van der Waals surface area contributed by atoms with Gasteiger partial charge >= 0.3 is 0 Å². The summed E-state index contributed by atoms with van der Waals surface area (Å²) in [5, 5.41) is 0. The fourth-order valence-electron chi connectivity index (χ4n) is 2.62. The molecular weight excluding hydrogens is 260 g/mol. The SMILES string of the molecule is CCC(C)n1c(-c2ccc(OC)cc2)nc2ccccc21. The van der Waals surface area contributed by atoms with E-state index in [1.165, 1.54) is 5.52 Å². The second-order valence-corrected chi connectivity index (χ2v) is 5.28. The summed E-state index contributed by atoms with van der Waals surface area (Å²) in [5.41, 5.74) is 3.36. The number of hydrogen-bond acceptors (Lipinski definition) is 2. The number of hydrogen-bond donors (Lipinski definition) is 0. The van der Waals surface area contributed by atoms with Gasteiger partial charge in [0, 0.05) is 11.6 Å². The predicted octanol–water partition coefficient (Wildman–Crippen LogP) is 4.68. The summed E-state index contributed by atoms with van der Waals surface area (Å²) >= 11 is 0. The van der Waals surface area contributed by atoms with Crippen LogP contribution in [0.3, 0.4) is 0 Å². The smallest absolute Gasteiger partial charge is 0.141 e. The molecule has 0 saturated heterocycles. The highest BCUT2D eigenvalue weighted by Gasteiger charge is 2.15. The molecule has 0 saturated carbocycles. The molecule has 3 nitrogen and oxygen atoms in total. The quantitative estimate of drug-likeness (QED) is 0.693. The highest BCUT2D eigenvalue weighted by atomic mass is 16.5. The van der Waals surface area contributed by atoms with Crippen LogP contribution in [0.5, 0.6) is 5.75 Å². The second kappa shape index (κ2) is 5.60. The number of rotatable bonds is 4. The molecule has 3 heteroatoms. The van der Waals surface area contributed by atoms with Crippen molar-refractivity contribution in [2.24, 2.45) is 0 Å². The van der Waals surface area contributed by atoms with Gasteiger partial charge in [-0.3, -0.25) is 0 Å². The van der Waals surface area contributed by atoms with Gasteiger partial charge in [0.25, 0.3) is 0 Å². The minimum Gasteiger partial charge on any atom is -0.497 e. The number of aromatic nitrogens is 2. The molecule has 0 aliphatic heterocycles. The van der Waals surface area contributed by atoms with Gasteiger partial charge in [-0.15, -0.1) is 0 Å². The molecule has 1 atom stereocenters. The molecule has 0 aliphatic rings. The van der Waals surface area contributed by atoms with Crippen LogP contribution >= 0.6 is 0 Å². The zero-order valence-electron chi connectivity index (χ0n) is 12.7. The van der Waals surface area contributed by atoms with E-state index >= 15 is 0 Å². The molecule has 2 aromatic carbocycles. The number of benzene rings is 2. The van der Waals surface area contributed by atoms with Crippen molar-refractivity contribution in [3.8, 4) is 17.1 Å². The number of fused-ring (bicyclic) bond motifs is 1. The Hall–Kier alpha value is -2.29. The van der Waals surface area contributed by atoms with E-state index in [0.717, 1.165) is 29.1 Å². The summed E-state index contributed by atoms with van der Waals surface area (Å²) in [7, 11) is 1.68. The van der Waals surface area contributed by atoms with Crippen molar-refractivity contribution in [2.75, 3.05) is 7.11 Å². The fraction of sp³-hybridized carbons (Fsp3) is 0.278. The van der Waals surface area contributed by atoms with Crippen molar-refractivity contribution >= 4 is 11.0 Å². The topological polar surface area (TPSA) is 27.1 Å². The summed E-state index contributed by atoms with van der Waals surface area (Å²) in [6.07, 6.45) is 1.07. The van der Waals surface area contributed by atoms with Crippen molar-refractivity contribution in [2.45, 2.75) is 26.3 Å². The predicted molar refractivity (Wildman–Crippen MR) is 86.7 cm³/mol. The Morgan fingerprint density at radius 1 is 1.10 bits per heavy atom. The van der Waals surface area contributed by atoms with Crippen LogP contribution in [0.1, 0.15) is 26.3 Å². The van der Waals surface area contributed by atoms with Crippen LogP contribution in [-0.4, -0.2) is 16.7 Å². The van der Waals surface area contributed by atoms with Crippen LogP contribution in [0.25, 0.3) is 22.4 Å². The van der Waals surface area contributed by atoms with Gasteiger partial charge in [0.1, 0.15) is 11.6 Å². The summed E-state index contributed by atoms with van der Waals surface area (Å²) < 4.78 is 7.57. The first-order chi connectivity index (χ1) is 10.2. The number of imidazole rings is 1. The van der Waals surface area contributed by atoms with Crippen LogP contribution in [0, 0.1) is 0 Å². The lowest BCUT2D eigenvalue weighted by Crippen LogP contribution is -2.05. The standard InChI is InChI=1S/C18H20N2O/c1-4-13(2)20-17-8-6-5-7-16(17)19-18(20)14-9-11-15(21-3)12-10-14/h5-13H,4H2,1-3H3. The lowest BCUT2D eigenvalue weighted by molar-refractivity contribution is 0.415. The third-order valence-electron chi connectivity index (χ3n) is 3.98. The average molecular weight is 280 g/mol. The summed E-state index contributed by atoms with van der Waals surface area (Å²) in [5.74, 6) is 1.89. The van der Waals surface area contributed by atoms with Crippen molar-refractivity contribution in [1.29, 1.82) is 0 Å². The molecular formula is C18H20N2O. The molecule has 3 aromatic rings. The van der Waals surface area contributed by atoms with Crippen LogP contribution in [0.2, 0.25) is 0 Å². The summed E-state index contributed by atoms with van der Waals surface area (Å²) in [6.45, 7) is 4.44. The average Bonchev–Trinajstić information content (AvgIpc) is 2.93. The highest BCUT2D eigenvalue weighted by molar-refractivity contribution is 5.80. The minimum atomic E-state index is 0.412. The monoisotopic (exact) mass is 280 g/mol. The van der Waals surface area contributed by atoms with E-state index in [1.807, 2.05) is 18.2 Å². The molecule has 0 spiro atoms. The van der Waals surface area contributed by atoms with E-state index in [0.29, 0.717) is 6.04 Å². The van der Waals surface area contributed by atoms with Gasteiger partial charge in [-0.1, -0.05) is 19.1 Å². The van der Waals surface area contributed by atoms with Crippen LogP contribution in [0.15, 0.2) is 48.5 Å². The maximum atomic E-state index is 5.24. The van der Waals surface area contributed by atoms with Gasteiger partial charge in [-0.25, -0.2) is 4.98 Å². The van der Waals surface area contributed by atoms with E-state index in [-0.39, 0.29) is 0 Å². The lowest BCUT2D eigenvalue weighted by atomic mass is 10.1. The molecule has 108 valence electrons. The third-order valence-corrected chi connectivity index (χ3v) is 3.98. The number of nitrogens with zero attached hydrogens (tertiary/aromatic N) is 2. The van der Waals surface area contributed by atoms with Gasteiger partial charge in [0.05, 0.1) is 18.1 Å². The Bertz CT molecular complexity index is 744. The molecule has 0 fully saturated rings. The van der Waals surface area contributed by atoms with E-state index in [9.17, 15) is 0 Å². The molecule has 0 N–H and O–H groups in total. The molecule has 1 aromatic heterocycles. The highest BCUT2D eigenvalue weighted by Crippen LogP contribution is 2.30. The lowest BCUT2D eigenvalue weighted by Gasteiger charge is -2.16. The van der Waals surface area contributed by atoms with Crippen LogP contribution in [-0.2, 0) is 0 Å². The van der Waals surface area contributed by atoms with Crippen molar-refractivity contribution in [1.82, 2.24) is 9.55 Å². The molecule has 0 aliphatic carbocycles. The first-order valence-electron chi connectivity index (χ1n) is 7.36. The molecule has 3 rings (SSSR count). The van der Waals surface area contributed by atoms with Gasteiger partial charge in [-0.2, -0.15) is 0 Å². The molecule has 1 unspecified atom stereocenters. The zero-order chi connectivity index (χ0) is 14.8. The fourth-order valence-corrected chi connectivity index (χ4v) is 2.62. The van der Waals surface area contributed by atoms with Crippen molar-refractivity contribution < 1.29 is 4.74 Å². The number of para-hydroxylation sites is 2. The molecule has 0 bridgehead atoms. The van der Waals surface area contributed by atoms with Crippen LogP contribution in [0.4, 0.5) is 0 Å². The minimum absolute atomic E-state index is 0.412. The Kier molecular flexibility index (Phi) is 3.65. The number of methoxy groups -OCH3 is 1. The second-order valence-electron chi connectivity index (χ2n) is 5.28. The normalized spacial score (nSPS) is 12.5. The molecule has 21 heavy (non-hydrogen) atoms. The summed E-state index contributed by atoms with van der Waals surface area (Å²) in [4.78, 5) is 4.83. The van der Waals surface area contributed by atoms with E-state index in [4.69, 9.17) is 9.72 Å². The van der Waals surface area contributed by atoms with Crippen LogP contribution < -0.4 is 4.74 Å². The van der Waals surface area contributed by atoms with E-state index in [1.54, 1.807) is 7.11 Å². The van der Waals surface area contributed by atoms with E-state index < -0.39 is 0 Å². The largest absolute Gasteiger partial charge is 0.497 e. The Morgan fingerprint density at radius 2 is 1.81 bits per heavy atom. The van der Waals surface area contributed by atoms with Crippen molar-refractivity contribution in [3.05, 3.63) is 48.5 Å². The maximum Gasteiger partial charge on any atom is 0.141 e. The molecule has 0 amide bonds. The summed E-state index contributed by atoms with van der Waals surface area (Å²) in [6, 6.07) is 16.8. The Labute approximate surface area is 125 Å². The zero-order valence-corrected chi connectivity index (χ0v) is 12.7. The van der Waals surface area contributed by atoms with Crippen molar-refractivity contribution in [3.63, 3.8) is 0 Å². The van der Waals surface area contributed by atoms with Gasteiger partial charge in [0.2, 0.25) is 0 Å².